The van der Waals surface area contributed by atoms with Crippen molar-refractivity contribution in [2.45, 2.75) is 13.0 Å². The zero-order valence-corrected chi connectivity index (χ0v) is 20.9. The predicted molar refractivity (Wildman–Crippen MR) is 133 cm³/mol. The van der Waals surface area contributed by atoms with E-state index >= 15 is 0 Å². The minimum Gasteiger partial charge on any atom is -0.493 e. The number of allylic oxidation sites excluding steroid dienone is 1. The van der Waals surface area contributed by atoms with Gasteiger partial charge in [0.05, 0.1) is 48.6 Å². The second kappa shape index (κ2) is 11.4. The van der Waals surface area contributed by atoms with Crippen LogP contribution in [-0.2, 0) is 14.3 Å². The van der Waals surface area contributed by atoms with Crippen LogP contribution < -0.4 is 35.0 Å². The summed E-state index contributed by atoms with van der Waals surface area (Å²) >= 11 is 0. The van der Waals surface area contributed by atoms with Crippen LogP contribution in [0.1, 0.15) is 24.1 Å². The standard InChI is InChI=1S/C24H23N5O10/c1-12-21(23(31)36-3)22(27-24(32)26-12)13-4-5-16(17(6-13)35-2)37-10-20(30)28-25-9-14-7-18-19(39-11-38-18)8-15(14)29(33)34/h4-9,22H,10-11H2,1-3H3,(H,28,30)(H2,26,27,32)/b25-9-/t22-/m1/s1. The quantitative estimate of drug-likeness (QED) is 0.182. The number of ether oxygens (including phenoxy) is 5. The molecule has 3 N–H and O–H groups in total. The summed E-state index contributed by atoms with van der Waals surface area (Å²) in [5.41, 5.74) is 3.12. The lowest BCUT2D eigenvalue weighted by atomic mass is 9.95. The molecule has 0 fully saturated rings. The van der Waals surface area contributed by atoms with Gasteiger partial charge in [0.1, 0.15) is 0 Å². The molecule has 2 aromatic carbocycles. The largest absolute Gasteiger partial charge is 0.493 e. The van der Waals surface area contributed by atoms with Crippen LogP contribution in [0.5, 0.6) is 23.0 Å². The average molecular weight is 541 g/mol. The summed E-state index contributed by atoms with van der Waals surface area (Å²) in [6.45, 7) is 1.06. The van der Waals surface area contributed by atoms with Crippen LogP contribution in [0.15, 0.2) is 46.7 Å². The van der Waals surface area contributed by atoms with Gasteiger partial charge in [0.15, 0.2) is 29.6 Å². The van der Waals surface area contributed by atoms with Gasteiger partial charge in [-0.05, 0) is 30.7 Å². The highest BCUT2D eigenvalue weighted by Crippen LogP contribution is 2.37. The van der Waals surface area contributed by atoms with E-state index in [-0.39, 0.29) is 40.9 Å². The van der Waals surface area contributed by atoms with E-state index in [1.807, 2.05) is 0 Å². The topological polar surface area (TPSA) is 189 Å². The van der Waals surface area contributed by atoms with Crippen LogP contribution in [-0.4, -0.2) is 56.7 Å². The number of rotatable bonds is 9. The second-order valence-electron chi connectivity index (χ2n) is 8.08. The molecule has 0 bridgehead atoms. The highest BCUT2D eigenvalue weighted by atomic mass is 16.7. The normalized spacial score (nSPS) is 15.9. The number of carbonyl (C=O) groups is 3. The lowest BCUT2D eigenvalue weighted by Gasteiger charge is -2.28. The van der Waals surface area contributed by atoms with Crippen LogP contribution in [0.25, 0.3) is 0 Å². The van der Waals surface area contributed by atoms with Gasteiger partial charge in [0.25, 0.3) is 11.6 Å². The summed E-state index contributed by atoms with van der Waals surface area (Å²) in [7, 11) is 2.62. The molecule has 15 heteroatoms. The van der Waals surface area contributed by atoms with Gasteiger partial charge >= 0.3 is 12.0 Å². The number of nitrogens with zero attached hydrogens (tertiary/aromatic N) is 2. The molecule has 2 heterocycles. The number of amides is 3. The minimum atomic E-state index is -0.813. The number of nitro groups is 1. The molecule has 2 aromatic rings. The van der Waals surface area contributed by atoms with Crippen LogP contribution in [0, 0.1) is 10.1 Å². The van der Waals surface area contributed by atoms with E-state index in [1.165, 1.54) is 32.4 Å². The Morgan fingerprint density at radius 2 is 1.95 bits per heavy atom. The van der Waals surface area contributed by atoms with E-state index in [2.05, 4.69) is 21.2 Å². The molecule has 0 aliphatic carbocycles. The number of carbonyl (C=O) groups excluding carboxylic acids is 3. The Morgan fingerprint density at radius 3 is 2.64 bits per heavy atom. The van der Waals surface area contributed by atoms with Gasteiger partial charge in [0.2, 0.25) is 6.79 Å². The van der Waals surface area contributed by atoms with E-state index in [1.54, 1.807) is 19.1 Å². The van der Waals surface area contributed by atoms with Crippen molar-refractivity contribution in [1.82, 2.24) is 16.1 Å². The van der Waals surface area contributed by atoms with Crippen LogP contribution in [0.2, 0.25) is 0 Å². The Labute approximate surface area is 220 Å². The first kappa shape index (κ1) is 26.7. The number of nitro benzene ring substituents is 1. The summed E-state index contributed by atoms with van der Waals surface area (Å²) in [6.07, 6.45) is 1.11. The van der Waals surface area contributed by atoms with Gasteiger partial charge in [-0.3, -0.25) is 14.9 Å². The fourth-order valence-corrected chi connectivity index (χ4v) is 3.87. The van der Waals surface area contributed by atoms with Crippen molar-refractivity contribution < 1.29 is 43.0 Å². The van der Waals surface area contributed by atoms with Crippen LogP contribution in [0.4, 0.5) is 10.5 Å². The van der Waals surface area contributed by atoms with Crippen LogP contribution in [0.3, 0.4) is 0 Å². The Hall–Kier alpha value is -5.34. The molecule has 204 valence electrons. The maximum absolute atomic E-state index is 12.3. The van der Waals surface area contributed by atoms with E-state index < -0.39 is 35.5 Å². The van der Waals surface area contributed by atoms with Gasteiger partial charge in [-0.1, -0.05) is 6.07 Å². The van der Waals surface area contributed by atoms with E-state index in [0.717, 1.165) is 6.21 Å². The van der Waals surface area contributed by atoms with Crippen molar-refractivity contribution in [2.75, 3.05) is 27.6 Å². The Balaban J connectivity index is 1.43. The molecule has 0 saturated carbocycles. The first-order chi connectivity index (χ1) is 18.7. The number of hydrogen-bond acceptors (Lipinski definition) is 11. The molecule has 3 amide bonds. The number of fused-ring (bicyclic) bond motifs is 1. The van der Waals surface area contributed by atoms with Crippen molar-refractivity contribution >= 4 is 29.8 Å². The summed E-state index contributed by atoms with van der Waals surface area (Å²) in [6, 6.07) is 5.95. The smallest absolute Gasteiger partial charge is 0.337 e. The molecule has 0 saturated heterocycles. The number of nitrogens with one attached hydrogen (secondary N) is 3. The lowest BCUT2D eigenvalue weighted by Crippen LogP contribution is -2.45. The molecule has 2 aliphatic heterocycles. The molecular formula is C24H23N5O10. The summed E-state index contributed by atoms with van der Waals surface area (Å²) in [4.78, 5) is 47.3. The number of methoxy groups -OCH3 is 2. The summed E-state index contributed by atoms with van der Waals surface area (Å²) in [5, 5.41) is 20.3. The third-order valence-corrected chi connectivity index (χ3v) is 5.67. The molecule has 0 unspecified atom stereocenters. The third-order valence-electron chi connectivity index (χ3n) is 5.67. The third kappa shape index (κ3) is 5.82. The fraction of sp³-hybridized carbons (Fsp3) is 0.250. The number of benzene rings is 2. The van der Waals surface area contributed by atoms with Crippen molar-refractivity contribution in [3.63, 3.8) is 0 Å². The fourth-order valence-electron chi connectivity index (χ4n) is 3.87. The van der Waals surface area contributed by atoms with Crippen molar-refractivity contribution in [3.05, 3.63) is 62.8 Å². The number of esters is 1. The van der Waals surface area contributed by atoms with Gasteiger partial charge < -0.3 is 34.3 Å². The maximum Gasteiger partial charge on any atom is 0.337 e. The number of hydrazone groups is 1. The molecule has 0 radical (unpaired) electrons. The Bertz CT molecular complexity index is 1400. The average Bonchev–Trinajstić information content (AvgIpc) is 3.38. The van der Waals surface area contributed by atoms with Crippen molar-refractivity contribution in [1.29, 1.82) is 0 Å². The van der Waals surface area contributed by atoms with Crippen molar-refractivity contribution in [2.24, 2.45) is 5.10 Å². The van der Waals surface area contributed by atoms with Gasteiger partial charge in [-0.25, -0.2) is 15.0 Å². The SMILES string of the molecule is COC(=O)C1=C(C)NC(=O)N[C@@H]1c1ccc(OCC(=O)N/N=C\c2cc3c(cc2[N+](=O)[O-])OCO3)c(OC)c1. The molecule has 2 aliphatic rings. The monoisotopic (exact) mass is 541 g/mol. The number of hydrogen-bond donors (Lipinski definition) is 3. The highest BCUT2D eigenvalue weighted by molar-refractivity contribution is 5.95. The Kier molecular flexibility index (Phi) is 7.79. The second-order valence-corrected chi connectivity index (χ2v) is 8.08. The van der Waals surface area contributed by atoms with Crippen molar-refractivity contribution in [3.8, 4) is 23.0 Å². The zero-order valence-electron chi connectivity index (χ0n) is 20.9. The molecule has 15 nitrogen and oxygen atoms in total. The van der Waals surface area contributed by atoms with Gasteiger partial charge in [0, 0.05) is 5.70 Å². The lowest BCUT2D eigenvalue weighted by molar-refractivity contribution is -0.385. The molecule has 39 heavy (non-hydrogen) atoms. The molecular weight excluding hydrogens is 518 g/mol. The van der Waals surface area contributed by atoms with E-state index in [4.69, 9.17) is 23.7 Å². The van der Waals surface area contributed by atoms with Gasteiger partial charge in [-0.2, -0.15) is 5.10 Å². The zero-order chi connectivity index (χ0) is 28.1. The minimum absolute atomic E-state index is 0.0547. The van der Waals surface area contributed by atoms with E-state index in [9.17, 15) is 24.5 Å². The molecule has 4 rings (SSSR count). The van der Waals surface area contributed by atoms with E-state index in [0.29, 0.717) is 17.0 Å². The predicted octanol–water partition coefficient (Wildman–Crippen LogP) is 1.66. The highest BCUT2D eigenvalue weighted by Gasteiger charge is 2.32. The first-order valence-corrected chi connectivity index (χ1v) is 11.3. The molecule has 0 aromatic heterocycles. The number of urea groups is 1. The molecule has 0 spiro atoms. The summed E-state index contributed by atoms with van der Waals surface area (Å²) < 4.78 is 26.1. The maximum atomic E-state index is 12.3. The Morgan fingerprint density at radius 1 is 1.21 bits per heavy atom. The van der Waals surface area contributed by atoms with Gasteiger partial charge in [-0.15, -0.1) is 0 Å². The molecule has 1 atom stereocenters. The first-order valence-electron chi connectivity index (χ1n) is 11.3. The summed E-state index contributed by atoms with van der Waals surface area (Å²) in [5.74, 6) is -0.278. The van der Waals surface area contributed by atoms with Crippen LogP contribution >= 0.6 is 0 Å².